The van der Waals surface area contributed by atoms with Gasteiger partial charge >= 0.3 is 0 Å². The van der Waals surface area contributed by atoms with Crippen molar-refractivity contribution < 1.29 is 0 Å². The normalized spacial score (nSPS) is 12.0. The number of nitrogens with zero attached hydrogens (tertiary/aromatic N) is 1. The van der Waals surface area contributed by atoms with Crippen LogP contribution in [0.1, 0.15) is 17.2 Å². The van der Waals surface area contributed by atoms with Crippen LogP contribution in [0.2, 0.25) is 0 Å². The van der Waals surface area contributed by atoms with Gasteiger partial charge in [-0.25, -0.2) is 0 Å². The molecule has 0 bridgehead atoms. The van der Waals surface area contributed by atoms with Gasteiger partial charge in [-0.1, -0.05) is 53.7 Å². The summed E-state index contributed by atoms with van der Waals surface area (Å²) in [6.07, 6.45) is 0. The third kappa shape index (κ3) is 1.93. The van der Waals surface area contributed by atoms with Crippen molar-refractivity contribution in [2.75, 3.05) is 5.73 Å². The van der Waals surface area contributed by atoms with Crippen LogP contribution in [-0.2, 0) is 0 Å². The molecule has 1 unspecified atom stereocenters. The third-order valence-electron chi connectivity index (χ3n) is 2.51. The minimum atomic E-state index is -0.526. The minimum absolute atomic E-state index is 0.526. The molecule has 0 aliphatic rings. The van der Waals surface area contributed by atoms with E-state index in [9.17, 15) is 4.91 Å². The first-order chi connectivity index (χ1) is 7.83. The maximum absolute atomic E-state index is 11.0. The summed E-state index contributed by atoms with van der Waals surface area (Å²) in [7, 11) is 0. The molecule has 80 valence electrons. The van der Waals surface area contributed by atoms with Crippen LogP contribution >= 0.6 is 0 Å². The van der Waals surface area contributed by atoms with Gasteiger partial charge in [-0.3, -0.25) is 0 Å². The maximum Gasteiger partial charge on any atom is 0.144 e. The van der Waals surface area contributed by atoms with E-state index in [2.05, 4.69) is 5.18 Å². The van der Waals surface area contributed by atoms with Gasteiger partial charge in [-0.15, -0.1) is 4.91 Å². The van der Waals surface area contributed by atoms with E-state index in [4.69, 9.17) is 5.73 Å². The molecule has 0 radical (unpaired) electrons. The molecule has 16 heavy (non-hydrogen) atoms. The molecule has 2 aromatic rings. The topological polar surface area (TPSA) is 55.4 Å². The number of nitrogen functional groups attached to an aromatic ring is 1. The molecule has 0 heterocycles. The molecule has 0 saturated carbocycles. The number of benzene rings is 2. The Kier molecular flexibility index (Phi) is 2.96. The van der Waals surface area contributed by atoms with Crippen LogP contribution in [0.25, 0.3) is 0 Å². The van der Waals surface area contributed by atoms with Crippen LogP contribution in [0.5, 0.6) is 0 Å². The van der Waals surface area contributed by atoms with Crippen molar-refractivity contribution in [3.63, 3.8) is 0 Å². The summed E-state index contributed by atoms with van der Waals surface area (Å²) in [5.74, 6) is 0. The van der Waals surface area contributed by atoms with Crippen molar-refractivity contribution in [3.8, 4) is 0 Å². The zero-order chi connectivity index (χ0) is 11.4. The standard InChI is InChI=1S/C13H12N2O/c14-12-9-5-4-8-11(12)13(15-16)10-6-2-1-3-7-10/h1-9,13H,14H2. The fraction of sp³-hybridized carbons (Fsp3) is 0.0769. The zero-order valence-corrected chi connectivity index (χ0v) is 8.71. The minimum Gasteiger partial charge on any atom is -0.398 e. The van der Waals surface area contributed by atoms with E-state index in [0.29, 0.717) is 5.69 Å². The molecule has 1 atom stereocenters. The van der Waals surface area contributed by atoms with Gasteiger partial charge in [0.25, 0.3) is 0 Å². The fourth-order valence-electron chi connectivity index (χ4n) is 1.69. The Balaban J connectivity index is 2.45. The molecule has 0 saturated heterocycles. The van der Waals surface area contributed by atoms with Crippen molar-refractivity contribution in [1.29, 1.82) is 0 Å². The lowest BCUT2D eigenvalue weighted by Crippen LogP contribution is -2.01. The lowest BCUT2D eigenvalue weighted by atomic mass is 9.98. The summed E-state index contributed by atoms with van der Waals surface area (Å²) in [4.78, 5) is 11.0. The average Bonchev–Trinajstić information content (AvgIpc) is 2.34. The highest BCUT2D eigenvalue weighted by atomic mass is 16.3. The second kappa shape index (κ2) is 4.57. The second-order valence-electron chi connectivity index (χ2n) is 3.55. The van der Waals surface area contributed by atoms with E-state index in [1.165, 1.54) is 0 Å². The number of hydrogen-bond acceptors (Lipinski definition) is 3. The van der Waals surface area contributed by atoms with Crippen LogP contribution in [0, 0.1) is 4.91 Å². The average molecular weight is 212 g/mol. The van der Waals surface area contributed by atoms with Crippen molar-refractivity contribution >= 4 is 5.69 Å². The van der Waals surface area contributed by atoms with E-state index in [1.807, 2.05) is 48.5 Å². The van der Waals surface area contributed by atoms with E-state index < -0.39 is 6.04 Å². The maximum atomic E-state index is 11.0. The molecule has 0 aliphatic carbocycles. The van der Waals surface area contributed by atoms with Crippen molar-refractivity contribution in [1.82, 2.24) is 0 Å². The van der Waals surface area contributed by atoms with Crippen LogP contribution in [-0.4, -0.2) is 0 Å². The summed E-state index contributed by atoms with van der Waals surface area (Å²) >= 11 is 0. The highest BCUT2D eigenvalue weighted by molar-refractivity contribution is 5.51. The molecule has 2 aromatic carbocycles. The smallest absolute Gasteiger partial charge is 0.144 e. The Labute approximate surface area is 93.9 Å². The summed E-state index contributed by atoms with van der Waals surface area (Å²) in [5, 5.41) is 3.16. The molecule has 0 spiro atoms. The first-order valence-corrected chi connectivity index (χ1v) is 5.04. The Morgan fingerprint density at radius 1 is 0.938 bits per heavy atom. The van der Waals surface area contributed by atoms with Crippen molar-refractivity contribution in [2.45, 2.75) is 6.04 Å². The third-order valence-corrected chi connectivity index (χ3v) is 2.51. The number of nitrogens with two attached hydrogens (primary N) is 1. The Bertz CT molecular complexity index is 482. The summed E-state index contributed by atoms with van der Waals surface area (Å²) in [5.41, 5.74) is 8.04. The quantitative estimate of drug-likeness (QED) is 0.627. The van der Waals surface area contributed by atoms with Crippen molar-refractivity contribution in [2.24, 2.45) is 5.18 Å². The van der Waals surface area contributed by atoms with Crippen LogP contribution in [0.3, 0.4) is 0 Å². The lowest BCUT2D eigenvalue weighted by molar-refractivity contribution is 0.866. The van der Waals surface area contributed by atoms with Crippen LogP contribution in [0.15, 0.2) is 59.8 Å². The Hall–Kier alpha value is -2.16. The molecular formula is C13H12N2O. The van der Waals surface area contributed by atoms with Gasteiger partial charge in [0.15, 0.2) is 0 Å². The molecule has 3 heteroatoms. The van der Waals surface area contributed by atoms with E-state index in [-0.39, 0.29) is 0 Å². The molecule has 3 nitrogen and oxygen atoms in total. The van der Waals surface area contributed by atoms with Crippen molar-refractivity contribution in [3.05, 3.63) is 70.6 Å². The molecule has 2 N–H and O–H groups in total. The lowest BCUT2D eigenvalue weighted by Gasteiger charge is -2.11. The predicted molar refractivity (Wildman–Crippen MR) is 64.9 cm³/mol. The largest absolute Gasteiger partial charge is 0.398 e. The molecular weight excluding hydrogens is 200 g/mol. The summed E-state index contributed by atoms with van der Waals surface area (Å²) in [6, 6.07) is 16.2. The van der Waals surface area contributed by atoms with Gasteiger partial charge in [0, 0.05) is 11.3 Å². The van der Waals surface area contributed by atoms with Gasteiger partial charge in [0.1, 0.15) is 6.04 Å². The molecule has 0 fully saturated rings. The zero-order valence-electron chi connectivity index (χ0n) is 8.71. The number of nitroso groups, excluding NO2 is 1. The van der Waals surface area contributed by atoms with Crippen LogP contribution < -0.4 is 5.73 Å². The van der Waals surface area contributed by atoms with E-state index in [1.54, 1.807) is 6.07 Å². The number of hydrogen-bond donors (Lipinski definition) is 1. The fourth-order valence-corrected chi connectivity index (χ4v) is 1.69. The summed E-state index contributed by atoms with van der Waals surface area (Å²) < 4.78 is 0. The highest BCUT2D eigenvalue weighted by Crippen LogP contribution is 2.29. The molecule has 0 amide bonds. The predicted octanol–water partition coefficient (Wildman–Crippen LogP) is 3.12. The molecule has 0 aromatic heterocycles. The first kappa shape index (κ1) is 10.4. The van der Waals surface area contributed by atoms with E-state index in [0.717, 1.165) is 11.1 Å². The van der Waals surface area contributed by atoms with Gasteiger partial charge in [0.2, 0.25) is 0 Å². The molecule has 0 aliphatic heterocycles. The van der Waals surface area contributed by atoms with Gasteiger partial charge in [-0.2, -0.15) is 0 Å². The monoisotopic (exact) mass is 212 g/mol. The Morgan fingerprint density at radius 2 is 1.56 bits per heavy atom. The van der Waals surface area contributed by atoms with Gasteiger partial charge in [-0.05, 0) is 11.6 Å². The van der Waals surface area contributed by atoms with Gasteiger partial charge in [0.05, 0.1) is 0 Å². The second-order valence-corrected chi connectivity index (χ2v) is 3.55. The number of anilines is 1. The summed E-state index contributed by atoms with van der Waals surface area (Å²) in [6.45, 7) is 0. The van der Waals surface area contributed by atoms with Gasteiger partial charge < -0.3 is 5.73 Å². The number of rotatable bonds is 3. The van der Waals surface area contributed by atoms with E-state index >= 15 is 0 Å². The Morgan fingerprint density at radius 3 is 2.19 bits per heavy atom. The first-order valence-electron chi connectivity index (χ1n) is 5.04. The highest BCUT2D eigenvalue weighted by Gasteiger charge is 2.16. The SMILES string of the molecule is Nc1ccccc1C(N=O)c1ccccc1. The number of para-hydroxylation sites is 1. The molecule has 2 rings (SSSR count). The van der Waals surface area contributed by atoms with Crippen LogP contribution in [0.4, 0.5) is 5.69 Å².